The van der Waals surface area contributed by atoms with Gasteiger partial charge in [-0.2, -0.15) is 0 Å². The molecule has 1 aliphatic heterocycles. The molecule has 1 unspecified atom stereocenters. The fraction of sp³-hybridized carbons (Fsp3) is 0.444. The number of esters is 1. The molecular formula is C18H23NO3. The van der Waals surface area contributed by atoms with Crippen molar-refractivity contribution >= 4 is 17.4 Å². The van der Waals surface area contributed by atoms with Gasteiger partial charge in [-0.1, -0.05) is 37.1 Å². The zero-order valence-electron chi connectivity index (χ0n) is 13.9. The Morgan fingerprint density at radius 3 is 2.55 bits per heavy atom. The Bertz CT molecular complexity index is 660. The second kappa shape index (κ2) is 5.95. The van der Waals surface area contributed by atoms with Crippen LogP contribution in [0.3, 0.4) is 0 Å². The smallest absolute Gasteiger partial charge is 0.307 e. The van der Waals surface area contributed by atoms with Gasteiger partial charge in [0.15, 0.2) is 0 Å². The first-order valence-electron chi connectivity index (χ1n) is 7.62. The van der Waals surface area contributed by atoms with E-state index in [1.165, 1.54) is 6.92 Å². The number of rotatable bonds is 4. The van der Waals surface area contributed by atoms with Gasteiger partial charge in [0.05, 0.1) is 11.1 Å². The number of amides is 1. The molecular weight excluding hydrogens is 278 g/mol. The van der Waals surface area contributed by atoms with Crippen molar-refractivity contribution in [2.24, 2.45) is 0 Å². The van der Waals surface area contributed by atoms with Crippen LogP contribution in [-0.4, -0.2) is 17.4 Å². The fourth-order valence-corrected chi connectivity index (χ4v) is 3.07. The molecule has 1 heterocycles. The Kier molecular flexibility index (Phi) is 4.40. The predicted octanol–water partition coefficient (Wildman–Crippen LogP) is 3.27. The lowest BCUT2D eigenvalue weighted by atomic mass is 9.91. The van der Waals surface area contributed by atoms with E-state index in [0.29, 0.717) is 11.3 Å². The molecule has 1 N–H and O–H groups in total. The van der Waals surface area contributed by atoms with E-state index in [2.05, 4.69) is 5.32 Å². The van der Waals surface area contributed by atoms with E-state index in [0.717, 1.165) is 29.5 Å². The Balaban J connectivity index is 2.64. The van der Waals surface area contributed by atoms with E-state index in [-0.39, 0.29) is 5.91 Å². The SMILES string of the molecule is CCCC1(C)NC(=O)C(c2ccc(C)cc2C)=C1OC(C)=O. The summed E-state index contributed by atoms with van der Waals surface area (Å²) in [6.07, 6.45) is 1.59. The topological polar surface area (TPSA) is 55.4 Å². The Morgan fingerprint density at radius 1 is 1.32 bits per heavy atom. The zero-order valence-corrected chi connectivity index (χ0v) is 13.9. The first kappa shape index (κ1) is 16.3. The number of hydrogen-bond acceptors (Lipinski definition) is 3. The monoisotopic (exact) mass is 301 g/mol. The number of ether oxygens (including phenoxy) is 1. The van der Waals surface area contributed by atoms with E-state index < -0.39 is 11.5 Å². The van der Waals surface area contributed by atoms with Crippen LogP contribution in [0.1, 0.15) is 50.3 Å². The van der Waals surface area contributed by atoms with Crippen molar-refractivity contribution in [3.05, 3.63) is 40.6 Å². The summed E-state index contributed by atoms with van der Waals surface area (Å²) in [5.41, 5.74) is 2.79. The second-order valence-corrected chi connectivity index (χ2v) is 6.15. The minimum atomic E-state index is -0.635. The quantitative estimate of drug-likeness (QED) is 0.868. The summed E-state index contributed by atoms with van der Waals surface area (Å²) in [5, 5.41) is 2.99. The average molecular weight is 301 g/mol. The third-order valence-corrected chi connectivity index (χ3v) is 3.99. The number of benzene rings is 1. The van der Waals surface area contributed by atoms with Crippen molar-refractivity contribution in [1.82, 2.24) is 5.32 Å². The molecule has 1 aromatic carbocycles. The molecule has 1 amide bonds. The summed E-state index contributed by atoms with van der Waals surface area (Å²) in [4.78, 5) is 24.1. The lowest BCUT2D eigenvalue weighted by molar-refractivity contribution is -0.138. The van der Waals surface area contributed by atoms with Crippen LogP contribution < -0.4 is 5.32 Å². The standard InChI is InChI=1S/C18H23NO3/c1-6-9-18(5)16(22-13(4)20)15(17(21)19-18)14-8-7-11(2)10-12(14)3/h7-8,10H,6,9H2,1-5H3,(H,19,21). The lowest BCUT2D eigenvalue weighted by Gasteiger charge is -2.26. The average Bonchev–Trinajstić information content (AvgIpc) is 2.61. The van der Waals surface area contributed by atoms with Crippen LogP contribution in [0.2, 0.25) is 0 Å². The molecule has 1 aromatic rings. The van der Waals surface area contributed by atoms with Crippen LogP contribution in [0.4, 0.5) is 0 Å². The third-order valence-electron chi connectivity index (χ3n) is 3.99. The number of nitrogens with one attached hydrogen (secondary N) is 1. The maximum Gasteiger partial charge on any atom is 0.307 e. The van der Waals surface area contributed by atoms with Crippen LogP contribution >= 0.6 is 0 Å². The van der Waals surface area contributed by atoms with E-state index in [9.17, 15) is 9.59 Å². The fourth-order valence-electron chi connectivity index (χ4n) is 3.07. The van der Waals surface area contributed by atoms with Gasteiger partial charge in [-0.3, -0.25) is 9.59 Å². The first-order valence-corrected chi connectivity index (χ1v) is 7.62. The Morgan fingerprint density at radius 2 is 2.00 bits per heavy atom. The largest absolute Gasteiger partial charge is 0.428 e. The molecule has 0 bridgehead atoms. The molecule has 2 rings (SSSR count). The molecule has 0 aliphatic carbocycles. The number of hydrogen-bond donors (Lipinski definition) is 1. The highest BCUT2D eigenvalue weighted by molar-refractivity contribution is 6.23. The van der Waals surface area contributed by atoms with Crippen molar-refractivity contribution in [3.8, 4) is 0 Å². The first-order chi connectivity index (χ1) is 10.3. The maximum absolute atomic E-state index is 12.5. The predicted molar refractivity (Wildman–Crippen MR) is 86.1 cm³/mol. The summed E-state index contributed by atoms with van der Waals surface area (Å²) >= 11 is 0. The number of aryl methyl sites for hydroxylation is 2. The maximum atomic E-state index is 12.5. The Labute approximate surface area is 131 Å². The number of carbonyl (C=O) groups is 2. The van der Waals surface area contributed by atoms with Gasteiger partial charge < -0.3 is 10.1 Å². The van der Waals surface area contributed by atoms with Crippen molar-refractivity contribution in [3.63, 3.8) is 0 Å². The normalized spacial score (nSPS) is 21.0. The molecule has 0 fully saturated rings. The van der Waals surface area contributed by atoms with Crippen molar-refractivity contribution in [1.29, 1.82) is 0 Å². The van der Waals surface area contributed by atoms with Crippen LogP contribution in [0.15, 0.2) is 24.0 Å². The van der Waals surface area contributed by atoms with Gasteiger partial charge >= 0.3 is 5.97 Å². The van der Waals surface area contributed by atoms with E-state index in [4.69, 9.17) is 4.74 Å². The molecule has 0 spiro atoms. The van der Waals surface area contributed by atoms with Gasteiger partial charge in [0.2, 0.25) is 0 Å². The molecule has 1 atom stereocenters. The van der Waals surface area contributed by atoms with Gasteiger partial charge in [-0.15, -0.1) is 0 Å². The summed E-state index contributed by atoms with van der Waals surface area (Å²) in [6, 6.07) is 5.90. The van der Waals surface area contributed by atoms with Crippen molar-refractivity contribution < 1.29 is 14.3 Å². The molecule has 22 heavy (non-hydrogen) atoms. The summed E-state index contributed by atoms with van der Waals surface area (Å²) in [7, 11) is 0. The highest BCUT2D eigenvalue weighted by atomic mass is 16.5. The zero-order chi connectivity index (χ0) is 16.5. The van der Waals surface area contributed by atoms with Gasteiger partial charge in [0.1, 0.15) is 5.76 Å². The summed E-state index contributed by atoms with van der Waals surface area (Å²) in [6.45, 7) is 9.28. The van der Waals surface area contributed by atoms with Gasteiger partial charge in [-0.25, -0.2) is 0 Å². The van der Waals surface area contributed by atoms with Gasteiger partial charge in [-0.05, 0) is 38.3 Å². The van der Waals surface area contributed by atoms with Crippen molar-refractivity contribution in [2.45, 2.75) is 53.0 Å². The molecule has 0 aromatic heterocycles. The number of carbonyl (C=O) groups excluding carboxylic acids is 2. The summed E-state index contributed by atoms with van der Waals surface area (Å²) in [5.74, 6) is -0.144. The van der Waals surface area contributed by atoms with Gasteiger partial charge in [0.25, 0.3) is 5.91 Å². The van der Waals surface area contributed by atoms with Gasteiger partial charge in [0, 0.05) is 6.92 Å². The molecule has 4 nitrogen and oxygen atoms in total. The molecule has 0 saturated heterocycles. The van der Waals surface area contributed by atoms with Crippen LogP contribution in [-0.2, 0) is 14.3 Å². The van der Waals surface area contributed by atoms with E-state index in [1.807, 2.05) is 45.9 Å². The highest BCUT2D eigenvalue weighted by Gasteiger charge is 2.44. The van der Waals surface area contributed by atoms with Crippen LogP contribution in [0, 0.1) is 13.8 Å². The molecule has 0 radical (unpaired) electrons. The minimum Gasteiger partial charge on any atom is -0.428 e. The molecule has 118 valence electrons. The van der Waals surface area contributed by atoms with E-state index >= 15 is 0 Å². The van der Waals surface area contributed by atoms with E-state index in [1.54, 1.807) is 0 Å². The Hall–Kier alpha value is -2.10. The molecule has 0 saturated carbocycles. The minimum absolute atomic E-state index is 0.181. The third kappa shape index (κ3) is 2.91. The molecule has 1 aliphatic rings. The summed E-state index contributed by atoms with van der Waals surface area (Å²) < 4.78 is 5.46. The van der Waals surface area contributed by atoms with Crippen LogP contribution in [0.5, 0.6) is 0 Å². The lowest BCUT2D eigenvalue weighted by Crippen LogP contribution is -2.42. The highest BCUT2D eigenvalue weighted by Crippen LogP contribution is 2.38. The van der Waals surface area contributed by atoms with Crippen molar-refractivity contribution in [2.75, 3.05) is 0 Å². The van der Waals surface area contributed by atoms with Crippen LogP contribution in [0.25, 0.3) is 5.57 Å². The second-order valence-electron chi connectivity index (χ2n) is 6.15. The molecule has 4 heteroatoms.